The monoisotopic (exact) mass is 528 g/mol. The molecule has 39 heavy (non-hydrogen) atoms. The lowest BCUT2D eigenvalue weighted by Crippen LogP contribution is -2.26. The fraction of sp³-hybridized carbons (Fsp3) is 0.344. The van der Waals surface area contributed by atoms with Crippen molar-refractivity contribution in [3.05, 3.63) is 83.7 Å². The minimum absolute atomic E-state index is 0.330. The van der Waals surface area contributed by atoms with E-state index >= 15 is 0 Å². The van der Waals surface area contributed by atoms with Crippen molar-refractivity contribution in [3.8, 4) is 16.9 Å². The number of aromatic nitrogens is 2. The minimum Gasteiger partial charge on any atom is -0.462 e. The molecule has 1 aromatic heterocycles. The number of rotatable bonds is 9. The predicted octanol–water partition coefficient (Wildman–Crippen LogP) is 7.58. The second-order valence-corrected chi connectivity index (χ2v) is 10.4. The molecule has 0 amide bonds. The topological polar surface area (TPSA) is 79.6 Å². The summed E-state index contributed by atoms with van der Waals surface area (Å²) < 4.78 is 18.2. The van der Waals surface area contributed by atoms with Crippen LogP contribution in [-0.2, 0) is 22.4 Å². The zero-order chi connectivity index (χ0) is 28.0. The summed E-state index contributed by atoms with van der Waals surface area (Å²) in [4.78, 5) is 29.5. The van der Waals surface area contributed by atoms with Gasteiger partial charge >= 0.3 is 12.1 Å². The van der Waals surface area contributed by atoms with E-state index in [1.54, 1.807) is 39.8 Å². The van der Waals surface area contributed by atoms with Crippen LogP contribution < -0.4 is 4.74 Å². The Morgan fingerprint density at radius 1 is 0.949 bits per heavy atom. The summed E-state index contributed by atoms with van der Waals surface area (Å²) in [7, 11) is 0. The van der Waals surface area contributed by atoms with Gasteiger partial charge in [0.15, 0.2) is 0 Å². The van der Waals surface area contributed by atoms with Crippen LogP contribution in [0.2, 0.25) is 0 Å². The van der Waals surface area contributed by atoms with Crippen molar-refractivity contribution in [2.75, 3.05) is 6.61 Å². The van der Waals surface area contributed by atoms with Crippen LogP contribution in [-0.4, -0.2) is 33.9 Å². The Bertz CT molecular complexity index is 1450. The van der Waals surface area contributed by atoms with Gasteiger partial charge in [-0.2, -0.15) is 0 Å². The van der Waals surface area contributed by atoms with Crippen LogP contribution in [0.4, 0.5) is 4.79 Å². The molecule has 0 aliphatic heterocycles. The van der Waals surface area contributed by atoms with Crippen molar-refractivity contribution in [2.24, 2.45) is 0 Å². The molecular formula is C32H36N2O5. The second-order valence-electron chi connectivity index (χ2n) is 10.4. The Hall–Kier alpha value is -4.13. The van der Waals surface area contributed by atoms with Crippen molar-refractivity contribution < 1.29 is 23.8 Å². The molecule has 7 nitrogen and oxygen atoms in total. The maximum absolute atomic E-state index is 12.4. The molecule has 0 fully saturated rings. The summed E-state index contributed by atoms with van der Waals surface area (Å²) in [6.07, 6.45) is 2.21. The highest BCUT2D eigenvalue weighted by Gasteiger charge is 2.20. The van der Waals surface area contributed by atoms with E-state index in [0.29, 0.717) is 24.5 Å². The van der Waals surface area contributed by atoms with E-state index in [1.165, 1.54) is 0 Å². The Morgan fingerprint density at radius 2 is 1.69 bits per heavy atom. The molecule has 7 heteroatoms. The number of unbranched alkanes of at least 4 members (excludes halogenated alkanes) is 1. The van der Waals surface area contributed by atoms with Gasteiger partial charge in [0.25, 0.3) is 0 Å². The highest BCUT2D eigenvalue weighted by atomic mass is 16.7. The van der Waals surface area contributed by atoms with E-state index in [2.05, 4.69) is 23.6 Å². The first-order chi connectivity index (χ1) is 18.7. The second kappa shape index (κ2) is 12.2. The van der Waals surface area contributed by atoms with Gasteiger partial charge in [0, 0.05) is 18.5 Å². The van der Waals surface area contributed by atoms with Crippen molar-refractivity contribution in [1.82, 2.24) is 9.55 Å². The number of ether oxygens (including phenoxy) is 3. The van der Waals surface area contributed by atoms with E-state index in [1.807, 2.05) is 42.5 Å². The largest absolute Gasteiger partial charge is 0.514 e. The third-order valence-electron chi connectivity index (χ3n) is 6.17. The van der Waals surface area contributed by atoms with Gasteiger partial charge in [-0.25, -0.2) is 14.6 Å². The van der Waals surface area contributed by atoms with Gasteiger partial charge in [-0.15, -0.1) is 0 Å². The number of imidazole rings is 1. The van der Waals surface area contributed by atoms with E-state index in [4.69, 9.17) is 19.2 Å². The molecule has 4 aromatic rings. The predicted molar refractivity (Wildman–Crippen MR) is 152 cm³/mol. The van der Waals surface area contributed by atoms with E-state index in [-0.39, 0.29) is 5.97 Å². The number of nitrogens with zero attached hydrogens (tertiary/aromatic N) is 2. The van der Waals surface area contributed by atoms with Crippen LogP contribution in [0.1, 0.15) is 69.2 Å². The fourth-order valence-electron chi connectivity index (χ4n) is 4.34. The molecule has 0 spiro atoms. The number of carbonyl (C=O) groups excluding carboxylic acids is 2. The maximum atomic E-state index is 12.4. The van der Waals surface area contributed by atoms with Gasteiger partial charge in [-0.3, -0.25) is 0 Å². The van der Waals surface area contributed by atoms with Crippen LogP contribution in [0.15, 0.2) is 66.7 Å². The number of para-hydroxylation sites is 1. The summed E-state index contributed by atoms with van der Waals surface area (Å²) >= 11 is 0. The van der Waals surface area contributed by atoms with Gasteiger partial charge in [-0.05, 0) is 69.5 Å². The van der Waals surface area contributed by atoms with Gasteiger partial charge < -0.3 is 18.8 Å². The average Bonchev–Trinajstić information content (AvgIpc) is 3.23. The molecule has 4 rings (SSSR count). The number of carbonyl (C=O) groups is 2. The normalized spacial score (nSPS) is 11.4. The third kappa shape index (κ3) is 7.05. The zero-order valence-corrected chi connectivity index (χ0v) is 23.3. The molecule has 0 aliphatic carbocycles. The highest BCUT2D eigenvalue weighted by molar-refractivity contribution is 5.93. The number of aryl methyl sites for hydroxylation is 1. The van der Waals surface area contributed by atoms with Crippen LogP contribution in [0, 0.1) is 0 Å². The number of hydrogen-bond donors (Lipinski definition) is 0. The Balaban J connectivity index is 1.62. The van der Waals surface area contributed by atoms with Crippen molar-refractivity contribution in [2.45, 2.75) is 66.0 Å². The molecule has 0 bridgehead atoms. The van der Waals surface area contributed by atoms with Gasteiger partial charge in [0.1, 0.15) is 17.2 Å². The van der Waals surface area contributed by atoms with E-state index in [0.717, 1.165) is 52.8 Å². The lowest BCUT2D eigenvalue weighted by atomic mass is 10.0. The zero-order valence-electron chi connectivity index (χ0n) is 23.3. The lowest BCUT2D eigenvalue weighted by molar-refractivity contribution is 0.0207. The number of fused-ring (bicyclic) bond motifs is 1. The standard InChI is InChI=1S/C32H36N2O5/c1-6-8-13-29-33-26-19-18-24(30(35)37-7-2)20-27(26)34(29)21-22-14-16-23(17-15-22)25-11-9-10-12-28(25)38-31(36)39-32(3,4)5/h9-12,14-20H,6-8,13,21H2,1-5H3. The van der Waals surface area contributed by atoms with E-state index in [9.17, 15) is 9.59 Å². The number of benzene rings is 3. The molecule has 0 atom stereocenters. The van der Waals surface area contributed by atoms with Gasteiger partial charge in [0.2, 0.25) is 0 Å². The average molecular weight is 529 g/mol. The molecule has 0 saturated carbocycles. The Kier molecular flexibility index (Phi) is 8.69. The lowest BCUT2D eigenvalue weighted by Gasteiger charge is -2.19. The summed E-state index contributed by atoms with van der Waals surface area (Å²) in [5.74, 6) is 1.10. The van der Waals surface area contributed by atoms with Gasteiger partial charge in [0.05, 0.1) is 23.2 Å². The molecule has 204 valence electrons. The quantitative estimate of drug-likeness (QED) is 0.165. The minimum atomic E-state index is -0.736. The number of esters is 1. The Morgan fingerprint density at radius 3 is 2.38 bits per heavy atom. The maximum Gasteiger partial charge on any atom is 0.514 e. The first-order valence-electron chi connectivity index (χ1n) is 13.4. The molecule has 0 saturated heterocycles. The fourth-order valence-corrected chi connectivity index (χ4v) is 4.34. The summed E-state index contributed by atoms with van der Waals surface area (Å²) in [6.45, 7) is 10.3. The summed E-state index contributed by atoms with van der Waals surface area (Å²) in [5, 5.41) is 0. The number of hydrogen-bond acceptors (Lipinski definition) is 6. The first kappa shape index (κ1) is 27.9. The van der Waals surface area contributed by atoms with Crippen LogP contribution in [0.3, 0.4) is 0 Å². The molecular weight excluding hydrogens is 492 g/mol. The molecule has 1 heterocycles. The summed E-state index contributed by atoms with van der Waals surface area (Å²) in [5.41, 5.74) is 4.45. The van der Waals surface area contributed by atoms with Crippen LogP contribution >= 0.6 is 0 Å². The Labute approximate surface area is 229 Å². The van der Waals surface area contributed by atoms with Crippen LogP contribution in [0.25, 0.3) is 22.2 Å². The van der Waals surface area contributed by atoms with Crippen molar-refractivity contribution >= 4 is 23.2 Å². The highest BCUT2D eigenvalue weighted by Crippen LogP contribution is 2.31. The van der Waals surface area contributed by atoms with Crippen molar-refractivity contribution in [3.63, 3.8) is 0 Å². The van der Waals surface area contributed by atoms with Crippen LogP contribution in [0.5, 0.6) is 5.75 Å². The molecule has 0 radical (unpaired) electrons. The molecule has 0 aliphatic rings. The smallest absolute Gasteiger partial charge is 0.462 e. The molecule has 3 aromatic carbocycles. The summed E-state index contributed by atoms with van der Waals surface area (Å²) in [6, 6.07) is 21.1. The third-order valence-corrected chi connectivity index (χ3v) is 6.17. The molecule has 0 unspecified atom stereocenters. The van der Waals surface area contributed by atoms with Gasteiger partial charge in [-0.1, -0.05) is 55.8 Å². The molecule has 0 N–H and O–H groups in total. The SMILES string of the molecule is CCCCc1nc2ccc(C(=O)OCC)cc2n1Cc1ccc(-c2ccccc2OC(=O)OC(C)(C)C)cc1. The van der Waals surface area contributed by atoms with Crippen molar-refractivity contribution in [1.29, 1.82) is 0 Å². The van der Waals surface area contributed by atoms with E-state index < -0.39 is 11.8 Å². The first-order valence-corrected chi connectivity index (χ1v) is 13.4.